The van der Waals surface area contributed by atoms with Gasteiger partial charge >= 0.3 is 6.03 Å². The number of carbonyl (C=O) groups is 3. The smallest absolute Gasteiger partial charge is 0.325 e. The number of hydrogen-bond acceptors (Lipinski definition) is 3. The Hall–Kier alpha value is -2.37. The largest absolute Gasteiger partial charge is 0.352 e. The summed E-state index contributed by atoms with van der Waals surface area (Å²) in [5.41, 5.74) is 0.545. The highest BCUT2D eigenvalue weighted by Crippen LogP contribution is 2.30. The number of nitrogens with zero attached hydrogens (tertiary/aromatic N) is 1. The van der Waals surface area contributed by atoms with Gasteiger partial charge in [-0.3, -0.25) is 14.5 Å². The number of hydrogen-bond donors (Lipinski definition) is 2. The molecule has 0 bridgehead atoms. The third-order valence-electron chi connectivity index (χ3n) is 4.98. The quantitative estimate of drug-likeness (QED) is 0.827. The molecule has 1 aliphatic heterocycles. The molecule has 24 heavy (non-hydrogen) atoms. The topological polar surface area (TPSA) is 78.5 Å². The van der Waals surface area contributed by atoms with Crippen LogP contribution in [0.2, 0.25) is 0 Å². The predicted molar refractivity (Wildman–Crippen MR) is 89.2 cm³/mol. The summed E-state index contributed by atoms with van der Waals surface area (Å²) in [5, 5.41) is 5.66. The van der Waals surface area contributed by atoms with E-state index in [1.807, 2.05) is 31.2 Å². The predicted octanol–water partition coefficient (Wildman–Crippen LogP) is 1.82. The van der Waals surface area contributed by atoms with Crippen LogP contribution in [0.5, 0.6) is 0 Å². The summed E-state index contributed by atoms with van der Waals surface area (Å²) < 4.78 is 0. The molecule has 2 fully saturated rings. The van der Waals surface area contributed by atoms with Crippen LogP contribution < -0.4 is 10.6 Å². The second-order valence-corrected chi connectivity index (χ2v) is 6.81. The average molecular weight is 329 g/mol. The van der Waals surface area contributed by atoms with Crippen LogP contribution in [-0.4, -0.2) is 35.3 Å². The van der Waals surface area contributed by atoms with Crippen LogP contribution in [-0.2, 0) is 15.1 Å². The SMILES string of the molecule is Cc1ccccc1C1(C)NC(=O)N(CC(=O)NC2CCCC2)C1=O. The molecular weight excluding hydrogens is 306 g/mol. The molecule has 1 heterocycles. The van der Waals surface area contributed by atoms with Crippen LogP contribution in [0.1, 0.15) is 43.7 Å². The number of carbonyl (C=O) groups excluding carboxylic acids is 3. The van der Waals surface area contributed by atoms with E-state index in [2.05, 4.69) is 10.6 Å². The minimum atomic E-state index is -1.13. The Bertz CT molecular complexity index is 682. The second kappa shape index (κ2) is 6.26. The molecule has 2 aliphatic rings. The van der Waals surface area contributed by atoms with Gasteiger partial charge in [-0.1, -0.05) is 37.1 Å². The second-order valence-electron chi connectivity index (χ2n) is 6.81. The molecule has 1 atom stereocenters. The van der Waals surface area contributed by atoms with Crippen molar-refractivity contribution in [3.8, 4) is 0 Å². The zero-order valence-electron chi connectivity index (χ0n) is 14.1. The van der Waals surface area contributed by atoms with Crippen molar-refractivity contribution in [3.05, 3.63) is 35.4 Å². The van der Waals surface area contributed by atoms with Gasteiger partial charge in [-0.15, -0.1) is 0 Å². The van der Waals surface area contributed by atoms with E-state index >= 15 is 0 Å². The molecule has 1 unspecified atom stereocenters. The Kier molecular flexibility index (Phi) is 4.30. The summed E-state index contributed by atoms with van der Waals surface area (Å²) >= 11 is 0. The van der Waals surface area contributed by atoms with E-state index in [0.717, 1.165) is 41.7 Å². The fraction of sp³-hybridized carbons (Fsp3) is 0.500. The summed E-state index contributed by atoms with van der Waals surface area (Å²) in [5.74, 6) is -0.664. The van der Waals surface area contributed by atoms with Crippen LogP contribution in [0, 0.1) is 6.92 Å². The number of nitrogens with one attached hydrogen (secondary N) is 2. The fourth-order valence-electron chi connectivity index (χ4n) is 3.64. The Morgan fingerprint density at radius 1 is 1.29 bits per heavy atom. The van der Waals surface area contributed by atoms with Gasteiger partial charge in [-0.05, 0) is 37.8 Å². The minimum absolute atomic E-state index is 0.168. The molecular formula is C18H23N3O3. The maximum atomic E-state index is 12.8. The van der Waals surface area contributed by atoms with Crippen molar-refractivity contribution in [3.63, 3.8) is 0 Å². The first-order valence-electron chi connectivity index (χ1n) is 8.41. The molecule has 1 aromatic rings. The highest BCUT2D eigenvalue weighted by Gasteiger charge is 2.50. The number of aryl methyl sites for hydroxylation is 1. The van der Waals surface area contributed by atoms with Gasteiger partial charge in [0.15, 0.2) is 0 Å². The summed E-state index contributed by atoms with van der Waals surface area (Å²) in [7, 11) is 0. The van der Waals surface area contributed by atoms with Crippen molar-refractivity contribution in [1.29, 1.82) is 0 Å². The molecule has 2 N–H and O–H groups in total. The first-order valence-corrected chi connectivity index (χ1v) is 8.41. The molecule has 1 aromatic carbocycles. The molecule has 0 aromatic heterocycles. The molecule has 1 saturated carbocycles. The number of amides is 4. The lowest BCUT2D eigenvalue weighted by Crippen LogP contribution is -2.45. The van der Waals surface area contributed by atoms with E-state index < -0.39 is 11.6 Å². The normalized spacial score (nSPS) is 24.3. The van der Waals surface area contributed by atoms with Crippen molar-refractivity contribution in [2.24, 2.45) is 0 Å². The Morgan fingerprint density at radius 2 is 1.96 bits per heavy atom. The van der Waals surface area contributed by atoms with Gasteiger partial charge in [-0.2, -0.15) is 0 Å². The van der Waals surface area contributed by atoms with Crippen LogP contribution in [0.25, 0.3) is 0 Å². The average Bonchev–Trinajstić information content (AvgIpc) is 3.11. The van der Waals surface area contributed by atoms with Crippen molar-refractivity contribution in [2.45, 2.75) is 51.1 Å². The third kappa shape index (κ3) is 2.88. The Labute approximate surface area is 141 Å². The Balaban J connectivity index is 1.74. The van der Waals surface area contributed by atoms with E-state index in [9.17, 15) is 14.4 Å². The monoisotopic (exact) mass is 329 g/mol. The zero-order valence-corrected chi connectivity index (χ0v) is 14.1. The van der Waals surface area contributed by atoms with E-state index in [1.165, 1.54) is 0 Å². The molecule has 128 valence electrons. The van der Waals surface area contributed by atoms with Crippen LogP contribution in [0.4, 0.5) is 4.79 Å². The van der Waals surface area contributed by atoms with Crippen LogP contribution in [0.3, 0.4) is 0 Å². The molecule has 6 nitrogen and oxygen atoms in total. The number of imide groups is 1. The van der Waals surface area contributed by atoms with E-state index in [1.54, 1.807) is 6.92 Å². The first kappa shape index (κ1) is 16.5. The molecule has 4 amide bonds. The standard InChI is InChI=1S/C18H23N3O3/c1-12-7-3-6-10-14(12)18(2)16(23)21(17(24)20-18)11-15(22)19-13-8-4-5-9-13/h3,6-7,10,13H,4-5,8-9,11H2,1-2H3,(H,19,22)(H,20,24). The van der Waals surface area contributed by atoms with Crippen LogP contribution in [0.15, 0.2) is 24.3 Å². The van der Waals surface area contributed by atoms with Crippen LogP contribution >= 0.6 is 0 Å². The third-order valence-corrected chi connectivity index (χ3v) is 4.98. The molecule has 3 rings (SSSR count). The fourth-order valence-corrected chi connectivity index (χ4v) is 3.64. The maximum absolute atomic E-state index is 12.8. The number of benzene rings is 1. The molecule has 1 saturated heterocycles. The van der Waals surface area contributed by atoms with Gasteiger partial charge in [0.1, 0.15) is 12.1 Å². The molecule has 1 aliphatic carbocycles. The summed E-state index contributed by atoms with van der Waals surface area (Å²) in [4.78, 5) is 38.3. The zero-order chi connectivity index (χ0) is 17.3. The van der Waals surface area contributed by atoms with E-state index in [4.69, 9.17) is 0 Å². The maximum Gasteiger partial charge on any atom is 0.325 e. The summed E-state index contributed by atoms with van der Waals surface area (Å²) in [6.07, 6.45) is 4.15. The molecule has 0 radical (unpaired) electrons. The minimum Gasteiger partial charge on any atom is -0.352 e. The van der Waals surface area contributed by atoms with Crippen molar-refractivity contribution >= 4 is 17.8 Å². The molecule has 0 spiro atoms. The van der Waals surface area contributed by atoms with Crippen molar-refractivity contribution in [1.82, 2.24) is 15.5 Å². The van der Waals surface area contributed by atoms with Crippen molar-refractivity contribution < 1.29 is 14.4 Å². The number of urea groups is 1. The summed E-state index contributed by atoms with van der Waals surface area (Å²) in [6, 6.07) is 7.09. The molecule has 6 heteroatoms. The van der Waals surface area contributed by atoms with Gasteiger partial charge in [0.25, 0.3) is 5.91 Å². The van der Waals surface area contributed by atoms with Gasteiger partial charge in [-0.25, -0.2) is 4.79 Å². The van der Waals surface area contributed by atoms with E-state index in [-0.39, 0.29) is 24.4 Å². The van der Waals surface area contributed by atoms with Gasteiger partial charge in [0.05, 0.1) is 0 Å². The summed E-state index contributed by atoms with van der Waals surface area (Å²) in [6.45, 7) is 3.35. The lowest BCUT2D eigenvalue weighted by molar-refractivity contribution is -0.135. The van der Waals surface area contributed by atoms with Gasteiger partial charge in [0.2, 0.25) is 5.91 Å². The lowest BCUT2D eigenvalue weighted by Gasteiger charge is -2.24. The first-order chi connectivity index (χ1) is 11.4. The highest BCUT2D eigenvalue weighted by molar-refractivity contribution is 6.09. The van der Waals surface area contributed by atoms with Crippen molar-refractivity contribution in [2.75, 3.05) is 6.54 Å². The lowest BCUT2D eigenvalue weighted by atomic mass is 9.88. The Morgan fingerprint density at radius 3 is 2.62 bits per heavy atom. The number of rotatable bonds is 4. The van der Waals surface area contributed by atoms with Gasteiger partial charge in [0, 0.05) is 6.04 Å². The van der Waals surface area contributed by atoms with Gasteiger partial charge < -0.3 is 10.6 Å². The highest BCUT2D eigenvalue weighted by atomic mass is 16.2. The van der Waals surface area contributed by atoms with E-state index in [0.29, 0.717) is 0 Å².